The molecule has 0 N–H and O–H groups in total. The maximum absolute atomic E-state index is 13.3. The van der Waals surface area contributed by atoms with Crippen LogP contribution in [0.5, 0.6) is 0 Å². The van der Waals surface area contributed by atoms with Gasteiger partial charge in [-0.15, -0.1) is 0 Å². The summed E-state index contributed by atoms with van der Waals surface area (Å²) in [5.74, 6) is 0.514. The molecule has 0 saturated carbocycles. The molecule has 3 heteroatoms. The van der Waals surface area contributed by atoms with Crippen LogP contribution in [0.3, 0.4) is 0 Å². The molecule has 0 heterocycles. The molecule has 0 radical (unpaired) electrons. The summed E-state index contributed by atoms with van der Waals surface area (Å²) in [7, 11) is 0. The summed E-state index contributed by atoms with van der Waals surface area (Å²) in [6.45, 7) is 5.05. The zero-order valence-corrected chi connectivity index (χ0v) is 10.5. The Hall–Kier alpha value is -1.09. The summed E-state index contributed by atoms with van der Waals surface area (Å²) in [6, 6.07) is 3.61. The second-order valence-electron chi connectivity index (χ2n) is 3.67. The number of thioether (sulfide) groups is 1. The highest BCUT2D eigenvalue weighted by Crippen LogP contribution is 2.16. The first-order valence-corrected chi connectivity index (χ1v) is 6.06. The van der Waals surface area contributed by atoms with Gasteiger partial charge in [-0.25, -0.2) is 4.39 Å². The van der Waals surface area contributed by atoms with E-state index in [-0.39, 0.29) is 10.9 Å². The summed E-state index contributed by atoms with van der Waals surface area (Å²) in [5.41, 5.74) is 2.28. The Labute approximate surface area is 99.7 Å². The van der Waals surface area contributed by atoms with Crippen LogP contribution in [-0.4, -0.2) is 10.9 Å². The van der Waals surface area contributed by atoms with Crippen LogP contribution < -0.4 is 0 Å². The molecule has 16 heavy (non-hydrogen) atoms. The largest absolute Gasteiger partial charge is 0.288 e. The van der Waals surface area contributed by atoms with Crippen molar-refractivity contribution in [1.82, 2.24) is 0 Å². The van der Waals surface area contributed by atoms with Gasteiger partial charge in [-0.2, -0.15) is 0 Å². The zero-order valence-electron chi connectivity index (χ0n) is 9.71. The van der Waals surface area contributed by atoms with Crippen molar-refractivity contribution >= 4 is 23.0 Å². The molecule has 0 bridgehead atoms. The average molecular weight is 238 g/mol. The van der Waals surface area contributed by atoms with Gasteiger partial charge in [0.05, 0.1) is 0 Å². The van der Waals surface area contributed by atoms with E-state index >= 15 is 0 Å². The Morgan fingerprint density at radius 2 is 1.94 bits per heavy atom. The molecular weight excluding hydrogens is 223 g/mol. The van der Waals surface area contributed by atoms with Crippen molar-refractivity contribution in [3.8, 4) is 0 Å². The maximum Gasteiger partial charge on any atom is 0.186 e. The quantitative estimate of drug-likeness (QED) is 0.798. The first-order valence-electron chi connectivity index (χ1n) is 5.07. The molecule has 0 saturated heterocycles. The van der Waals surface area contributed by atoms with E-state index in [1.807, 2.05) is 12.2 Å². The van der Waals surface area contributed by atoms with Gasteiger partial charge in [0.2, 0.25) is 0 Å². The number of rotatable bonds is 3. The molecular formula is C13H15FOS. The summed E-state index contributed by atoms with van der Waals surface area (Å²) >= 11 is 1.26. The average Bonchev–Trinajstić information content (AvgIpc) is 2.20. The fourth-order valence-electron chi connectivity index (χ4n) is 1.43. The smallest absolute Gasteiger partial charge is 0.186 e. The second-order valence-corrected chi connectivity index (χ2v) is 4.87. The van der Waals surface area contributed by atoms with Crippen LogP contribution in [0.4, 0.5) is 4.39 Å². The van der Waals surface area contributed by atoms with Crippen LogP contribution in [0.2, 0.25) is 0 Å². The van der Waals surface area contributed by atoms with E-state index in [1.165, 1.54) is 11.8 Å². The van der Waals surface area contributed by atoms with Crippen molar-refractivity contribution in [2.24, 2.45) is 0 Å². The first kappa shape index (κ1) is 13.0. The van der Waals surface area contributed by atoms with Crippen molar-refractivity contribution < 1.29 is 9.18 Å². The fraction of sp³-hybridized carbons (Fsp3) is 0.308. The van der Waals surface area contributed by atoms with E-state index in [2.05, 4.69) is 0 Å². The molecule has 0 aliphatic heterocycles. The third-order valence-corrected chi connectivity index (χ3v) is 2.92. The molecule has 0 spiro atoms. The monoisotopic (exact) mass is 238 g/mol. The number of aryl methyl sites for hydroxylation is 2. The van der Waals surface area contributed by atoms with Gasteiger partial charge in [0.1, 0.15) is 5.82 Å². The molecule has 86 valence electrons. The summed E-state index contributed by atoms with van der Waals surface area (Å²) in [6.07, 6.45) is 3.83. The third-order valence-electron chi connectivity index (χ3n) is 2.15. The predicted molar refractivity (Wildman–Crippen MR) is 68.0 cm³/mol. The van der Waals surface area contributed by atoms with Gasteiger partial charge in [0, 0.05) is 12.7 Å². The lowest BCUT2D eigenvalue weighted by Crippen LogP contribution is -1.89. The SMILES string of the molecule is CC(=O)SCC=Cc1cc(C)c(F)c(C)c1. The van der Waals surface area contributed by atoms with Crippen LogP contribution in [0.15, 0.2) is 18.2 Å². The molecule has 1 nitrogen and oxygen atoms in total. The number of carbonyl (C=O) groups is 1. The topological polar surface area (TPSA) is 17.1 Å². The maximum atomic E-state index is 13.3. The van der Waals surface area contributed by atoms with Gasteiger partial charge < -0.3 is 0 Å². The minimum absolute atomic E-state index is 0.108. The lowest BCUT2D eigenvalue weighted by Gasteiger charge is -2.02. The van der Waals surface area contributed by atoms with Gasteiger partial charge >= 0.3 is 0 Å². The van der Waals surface area contributed by atoms with E-state index in [9.17, 15) is 9.18 Å². The number of halogens is 1. The molecule has 0 fully saturated rings. The molecule has 0 amide bonds. The van der Waals surface area contributed by atoms with Crippen molar-refractivity contribution in [3.05, 3.63) is 40.7 Å². The summed E-state index contributed by atoms with van der Waals surface area (Å²) < 4.78 is 13.3. The zero-order chi connectivity index (χ0) is 12.1. The lowest BCUT2D eigenvalue weighted by atomic mass is 10.1. The van der Waals surface area contributed by atoms with Crippen molar-refractivity contribution in [1.29, 1.82) is 0 Å². The van der Waals surface area contributed by atoms with Crippen LogP contribution >= 0.6 is 11.8 Å². The van der Waals surface area contributed by atoms with Gasteiger partial charge in [0.15, 0.2) is 5.12 Å². The van der Waals surface area contributed by atoms with Crippen molar-refractivity contribution in [2.75, 3.05) is 5.75 Å². The molecule has 0 aliphatic rings. The number of hydrogen-bond donors (Lipinski definition) is 0. The number of benzene rings is 1. The molecule has 1 rings (SSSR count). The first-order chi connectivity index (χ1) is 7.50. The lowest BCUT2D eigenvalue weighted by molar-refractivity contribution is -0.109. The van der Waals surface area contributed by atoms with Crippen LogP contribution in [0, 0.1) is 19.7 Å². The van der Waals surface area contributed by atoms with E-state index < -0.39 is 0 Å². The van der Waals surface area contributed by atoms with Crippen LogP contribution in [0.1, 0.15) is 23.6 Å². The van der Waals surface area contributed by atoms with Gasteiger partial charge in [-0.1, -0.05) is 23.9 Å². The third kappa shape index (κ3) is 3.81. The normalized spacial score (nSPS) is 11.0. The second kappa shape index (κ2) is 5.85. The fourth-order valence-corrected chi connectivity index (χ4v) is 1.85. The number of carbonyl (C=O) groups excluding carboxylic acids is 1. The van der Waals surface area contributed by atoms with Gasteiger partial charge in [0.25, 0.3) is 0 Å². The molecule has 1 aromatic carbocycles. The summed E-state index contributed by atoms with van der Waals surface area (Å²) in [4.78, 5) is 10.7. The van der Waals surface area contributed by atoms with E-state index in [1.54, 1.807) is 32.9 Å². The Morgan fingerprint density at radius 3 is 2.44 bits per heavy atom. The minimum atomic E-state index is -0.143. The van der Waals surface area contributed by atoms with Crippen molar-refractivity contribution in [2.45, 2.75) is 20.8 Å². The standard InChI is InChI=1S/C13H15FOS/c1-9-7-12(8-10(2)13(9)14)5-4-6-16-11(3)15/h4-5,7-8H,6H2,1-3H3. The Kier molecular flexibility index (Phi) is 4.74. The highest BCUT2D eigenvalue weighted by atomic mass is 32.2. The predicted octanol–water partition coefficient (Wildman–Crippen LogP) is 3.74. The van der Waals surface area contributed by atoms with Crippen LogP contribution in [0.25, 0.3) is 6.08 Å². The Balaban J connectivity index is 2.71. The van der Waals surface area contributed by atoms with Crippen molar-refractivity contribution in [3.63, 3.8) is 0 Å². The minimum Gasteiger partial charge on any atom is -0.288 e. The van der Waals surface area contributed by atoms with E-state index in [0.717, 1.165) is 5.56 Å². The molecule has 0 aromatic heterocycles. The molecule has 0 atom stereocenters. The summed E-state index contributed by atoms with van der Waals surface area (Å²) in [5, 5.41) is 0.108. The van der Waals surface area contributed by atoms with E-state index in [0.29, 0.717) is 16.9 Å². The Bertz CT molecular complexity index is 401. The highest BCUT2D eigenvalue weighted by molar-refractivity contribution is 8.13. The van der Waals surface area contributed by atoms with E-state index in [4.69, 9.17) is 0 Å². The molecule has 0 aliphatic carbocycles. The van der Waals surface area contributed by atoms with Gasteiger partial charge in [-0.3, -0.25) is 4.79 Å². The van der Waals surface area contributed by atoms with Crippen LogP contribution in [-0.2, 0) is 4.79 Å². The highest BCUT2D eigenvalue weighted by Gasteiger charge is 2.01. The number of hydrogen-bond acceptors (Lipinski definition) is 2. The van der Waals surface area contributed by atoms with Gasteiger partial charge in [-0.05, 0) is 42.7 Å². The Morgan fingerprint density at radius 1 is 1.38 bits per heavy atom. The molecule has 1 aromatic rings. The molecule has 0 unspecified atom stereocenters.